The number of carbonyl (C=O) groups excluding carboxylic acids is 1. The first-order valence-electron chi connectivity index (χ1n) is 5.49. The monoisotopic (exact) mass is 243 g/mol. The van der Waals surface area contributed by atoms with Gasteiger partial charge in [-0.1, -0.05) is 6.07 Å². The normalized spacial score (nSPS) is 9.83. The highest BCUT2D eigenvalue weighted by atomic mass is 16.5. The van der Waals surface area contributed by atoms with Gasteiger partial charge in [0.25, 0.3) is 5.91 Å². The van der Waals surface area contributed by atoms with Gasteiger partial charge in [0.15, 0.2) is 6.61 Å². The fourth-order valence-electron chi connectivity index (χ4n) is 1.30. The molecule has 0 saturated heterocycles. The van der Waals surface area contributed by atoms with Gasteiger partial charge in [-0.2, -0.15) is 0 Å². The maximum atomic E-state index is 11.6. The fraction of sp³-hybridized carbons (Fsp3) is 0.154. The minimum atomic E-state index is -0.254. The number of amides is 1. The fourth-order valence-corrected chi connectivity index (χ4v) is 1.30. The number of pyridine rings is 2. The van der Waals surface area contributed by atoms with Crippen LogP contribution in [0.4, 0.5) is 5.82 Å². The lowest BCUT2D eigenvalue weighted by atomic mass is 10.3. The molecule has 5 heteroatoms. The Labute approximate surface area is 105 Å². The molecule has 92 valence electrons. The summed E-state index contributed by atoms with van der Waals surface area (Å²) in [6, 6.07) is 7.11. The topological polar surface area (TPSA) is 64.1 Å². The summed E-state index contributed by atoms with van der Waals surface area (Å²) in [4.78, 5) is 19.5. The SMILES string of the molecule is Cc1ccc(NC(=O)COc2cccnc2)nc1. The van der Waals surface area contributed by atoms with Crippen LogP contribution in [-0.4, -0.2) is 22.5 Å². The Balaban J connectivity index is 1.84. The molecular weight excluding hydrogens is 230 g/mol. The summed E-state index contributed by atoms with van der Waals surface area (Å²) >= 11 is 0. The number of rotatable bonds is 4. The minimum absolute atomic E-state index is 0.0682. The average molecular weight is 243 g/mol. The van der Waals surface area contributed by atoms with Gasteiger partial charge in [-0.3, -0.25) is 9.78 Å². The van der Waals surface area contributed by atoms with E-state index in [0.717, 1.165) is 5.56 Å². The van der Waals surface area contributed by atoms with Gasteiger partial charge in [0.2, 0.25) is 0 Å². The van der Waals surface area contributed by atoms with E-state index in [0.29, 0.717) is 11.6 Å². The summed E-state index contributed by atoms with van der Waals surface area (Å²) in [6.45, 7) is 1.87. The van der Waals surface area contributed by atoms with Crippen LogP contribution < -0.4 is 10.1 Å². The summed E-state index contributed by atoms with van der Waals surface area (Å²) in [5, 5.41) is 2.64. The molecule has 0 atom stereocenters. The summed E-state index contributed by atoms with van der Waals surface area (Å²) < 4.78 is 5.26. The first-order chi connectivity index (χ1) is 8.74. The standard InChI is InChI=1S/C13H13N3O2/c1-10-4-5-12(15-7-10)16-13(17)9-18-11-3-2-6-14-8-11/h2-8H,9H2,1H3,(H,15,16,17). The van der Waals surface area contributed by atoms with Crippen molar-refractivity contribution in [2.75, 3.05) is 11.9 Å². The maximum absolute atomic E-state index is 11.6. The molecule has 0 aliphatic heterocycles. The highest BCUT2D eigenvalue weighted by molar-refractivity contribution is 5.90. The van der Waals surface area contributed by atoms with Gasteiger partial charge in [0.1, 0.15) is 11.6 Å². The molecule has 2 heterocycles. The first kappa shape index (κ1) is 12.0. The molecule has 1 amide bonds. The number of anilines is 1. The van der Waals surface area contributed by atoms with Crippen LogP contribution in [-0.2, 0) is 4.79 Å². The van der Waals surface area contributed by atoms with E-state index in [9.17, 15) is 4.79 Å². The van der Waals surface area contributed by atoms with Crippen LogP contribution >= 0.6 is 0 Å². The van der Waals surface area contributed by atoms with Gasteiger partial charge >= 0.3 is 0 Å². The van der Waals surface area contributed by atoms with Crippen molar-refractivity contribution < 1.29 is 9.53 Å². The van der Waals surface area contributed by atoms with Gasteiger partial charge in [0.05, 0.1) is 6.20 Å². The smallest absolute Gasteiger partial charge is 0.263 e. The molecule has 0 saturated carbocycles. The van der Waals surface area contributed by atoms with Crippen LogP contribution in [0.25, 0.3) is 0 Å². The quantitative estimate of drug-likeness (QED) is 0.889. The van der Waals surface area contributed by atoms with Crippen LogP contribution in [0.1, 0.15) is 5.56 Å². The van der Waals surface area contributed by atoms with Crippen molar-refractivity contribution in [3.8, 4) is 5.75 Å². The van der Waals surface area contributed by atoms with Gasteiger partial charge < -0.3 is 10.1 Å². The third-order valence-corrected chi connectivity index (χ3v) is 2.18. The van der Waals surface area contributed by atoms with Gasteiger partial charge in [-0.05, 0) is 30.7 Å². The molecule has 0 radical (unpaired) electrons. The number of hydrogen-bond acceptors (Lipinski definition) is 4. The second kappa shape index (κ2) is 5.77. The Hall–Kier alpha value is -2.43. The molecule has 5 nitrogen and oxygen atoms in total. The average Bonchev–Trinajstić information content (AvgIpc) is 2.40. The summed E-state index contributed by atoms with van der Waals surface area (Å²) in [7, 11) is 0. The molecule has 2 rings (SSSR count). The van der Waals surface area contributed by atoms with Crippen LogP contribution in [0.15, 0.2) is 42.9 Å². The summed E-state index contributed by atoms with van der Waals surface area (Å²) in [5.41, 5.74) is 1.04. The van der Waals surface area contributed by atoms with Crippen LogP contribution in [0, 0.1) is 6.92 Å². The van der Waals surface area contributed by atoms with E-state index in [1.54, 1.807) is 36.8 Å². The van der Waals surface area contributed by atoms with Gasteiger partial charge in [-0.25, -0.2) is 4.98 Å². The number of hydrogen-bond donors (Lipinski definition) is 1. The highest BCUT2D eigenvalue weighted by Gasteiger charge is 2.04. The number of nitrogens with zero attached hydrogens (tertiary/aromatic N) is 2. The number of carbonyl (C=O) groups is 1. The predicted octanol–water partition coefficient (Wildman–Crippen LogP) is 1.80. The van der Waals surface area contributed by atoms with E-state index < -0.39 is 0 Å². The lowest BCUT2D eigenvalue weighted by molar-refractivity contribution is -0.118. The van der Waals surface area contributed by atoms with Crippen molar-refractivity contribution in [3.63, 3.8) is 0 Å². The van der Waals surface area contributed by atoms with Crippen molar-refractivity contribution in [2.45, 2.75) is 6.92 Å². The van der Waals surface area contributed by atoms with E-state index >= 15 is 0 Å². The van der Waals surface area contributed by atoms with E-state index in [2.05, 4.69) is 15.3 Å². The Morgan fingerprint density at radius 1 is 1.33 bits per heavy atom. The molecule has 0 spiro atoms. The summed E-state index contributed by atoms with van der Waals surface area (Å²) in [6.07, 6.45) is 4.89. The second-order valence-corrected chi connectivity index (χ2v) is 3.75. The molecule has 0 unspecified atom stereocenters. The molecule has 2 aromatic heterocycles. The predicted molar refractivity (Wildman–Crippen MR) is 67.3 cm³/mol. The van der Waals surface area contributed by atoms with E-state index in [-0.39, 0.29) is 12.5 Å². The van der Waals surface area contributed by atoms with Crippen molar-refractivity contribution >= 4 is 11.7 Å². The van der Waals surface area contributed by atoms with Gasteiger partial charge in [0, 0.05) is 12.4 Å². The molecule has 18 heavy (non-hydrogen) atoms. The largest absolute Gasteiger partial charge is 0.482 e. The lowest BCUT2D eigenvalue weighted by Crippen LogP contribution is -2.20. The Bertz CT molecular complexity index is 512. The van der Waals surface area contributed by atoms with Gasteiger partial charge in [-0.15, -0.1) is 0 Å². The van der Waals surface area contributed by atoms with Crippen molar-refractivity contribution in [1.82, 2.24) is 9.97 Å². The van der Waals surface area contributed by atoms with E-state index in [4.69, 9.17) is 4.74 Å². The third kappa shape index (κ3) is 3.55. The number of aryl methyl sites for hydroxylation is 1. The van der Waals surface area contributed by atoms with Crippen molar-refractivity contribution in [1.29, 1.82) is 0 Å². The first-order valence-corrected chi connectivity index (χ1v) is 5.49. The number of ether oxygens (including phenoxy) is 1. The van der Waals surface area contributed by atoms with Crippen LogP contribution in [0.3, 0.4) is 0 Å². The zero-order valence-corrected chi connectivity index (χ0v) is 9.96. The van der Waals surface area contributed by atoms with E-state index in [1.807, 2.05) is 13.0 Å². The molecule has 1 N–H and O–H groups in total. The molecule has 0 fully saturated rings. The maximum Gasteiger partial charge on any atom is 0.263 e. The zero-order valence-electron chi connectivity index (χ0n) is 9.96. The van der Waals surface area contributed by atoms with Crippen LogP contribution in [0.2, 0.25) is 0 Å². The van der Waals surface area contributed by atoms with Crippen molar-refractivity contribution in [2.24, 2.45) is 0 Å². The second-order valence-electron chi connectivity index (χ2n) is 3.75. The molecule has 0 aromatic carbocycles. The Morgan fingerprint density at radius 3 is 2.89 bits per heavy atom. The minimum Gasteiger partial charge on any atom is -0.482 e. The zero-order chi connectivity index (χ0) is 12.8. The Morgan fingerprint density at radius 2 is 2.22 bits per heavy atom. The molecule has 0 bridgehead atoms. The highest BCUT2D eigenvalue weighted by Crippen LogP contribution is 2.07. The lowest BCUT2D eigenvalue weighted by Gasteiger charge is -2.06. The molecular formula is C13H13N3O2. The van der Waals surface area contributed by atoms with E-state index in [1.165, 1.54) is 0 Å². The molecule has 0 aliphatic rings. The number of nitrogens with one attached hydrogen (secondary N) is 1. The Kier molecular flexibility index (Phi) is 3.86. The molecule has 0 aliphatic carbocycles. The van der Waals surface area contributed by atoms with Crippen LogP contribution in [0.5, 0.6) is 5.75 Å². The molecule has 2 aromatic rings. The summed E-state index contributed by atoms with van der Waals surface area (Å²) in [5.74, 6) is 0.820. The van der Waals surface area contributed by atoms with Crippen molar-refractivity contribution in [3.05, 3.63) is 48.4 Å². The number of aromatic nitrogens is 2. The third-order valence-electron chi connectivity index (χ3n) is 2.18.